The molecule has 60 heavy (non-hydrogen) atoms. The zero-order valence-corrected chi connectivity index (χ0v) is 35.6. The number of alkyl carbamates (subject to hydrolysis) is 1. The number of hydrogen-bond donors (Lipinski definition) is 3. The van der Waals surface area contributed by atoms with E-state index < -0.39 is 85.9 Å². The number of carbonyl (C=O) groups is 4. The normalized spacial score (nSPS) is 28.8. The number of carbonyl (C=O) groups excluding carboxylic acids is 4. The van der Waals surface area contributed by atoms with Gasteiger partial charge in [-0.15, -0.1) is 0 Å². The Morgan fingerprint density at radius 3 is 2.47 bits per heavy atom. The number of allylic oxidation sites excluding steroid dienone is 1. The second-order valence-corrected chi connectivity index (χ2v) is 19.5. The van der Waals surface area contributed by atoms with Crippen molar-refractivity contribution in [2.75, 3.05) is 20.3 Å². The van der Waals surface area contributed by atoms with Crippen molar-refractivity contribution in [3.63, 3.8) is 0 Å². The molecule has 2 aliphatic carbocycles. The summed E-state index contributed by atoms with van der Waals surface area (Å²) in [5.41, 5.74) is -4.56. The topological polar surface area (TPSA) is 192 Å². The lowest BCUT2D eigenvalue weighted by Crippen LogP contribution is -2.59. The molecular weight excluding hydrogens is 812 g/mol. The molecule has 3 N–H and O–H groups in total. The summed E-state index contributed by atoms with van der Waals surface area (Å²) in [5.74, 6) is -2.85. The number of aromatic nitrogens is 1. The fourth-order valence-corrected chi connectivity index (χ4v) is 9.13. The van der Waals surface area contributed by atoms with E-state index in [1.165, 1.54) is 18.9 Å². The molecule has 1 aromatic carbocycles. The molecule has 3 heterocycles. The van der Waals surface area contributed by atoms with E-state index in [-0.39, 0.29) is 43.7 Å². The van der Waals surface area contributed by atoms with E-state index in [1.807, 2.05) is 13.0 Å². The molecule has 1 aromatic heterocycles. The molecule has 2 aromatic rings. The molecule has 0 radical (unpaired) electrons. The predicted octanol–water partition coefficient (Wildman–Crippen LogP) is 5.31. The molecule has 4 aliphatic rings. The number of amides is 4. The van der Waals surface area contributed by atoms with Gasteiger partial charge in [0.1, 0.15) is 29.5 Å². The fraction of sp³-hybridized carbons (Fsp3) is 0.634. The number of rotatable bonds is 10. The van der Waals surface area contributed by atoms with Crippen molar-refractivity contribution in [3.8, 4) is 17.5 Å². The highest BCUT2D eigenvalue weighted by Crippen LogP contribution is 2.48. The molecule has 0 unspecified atom stereocenters. The second-order valence-electron chi connectivity index (χ2n) is 17.3. The monoisotopic (exact) mass is 865 g/mol. The Labute approximate surface area is 347 Å². The Hall–Kier alpha value is -4.81. The Balaban J connectivity index is 1.37. The number of sulfonamides is 1. The van der Waals surface area contributed by atoms with Crippen LogP contribution in [0.1, 0.15) is 86.5 Å². The smallest absolute Gasteiger partial charge is 0.427 e. The van der Waals surface area contributed by atoms with E-state index in [4.69, 9.17) is 18.9 Å². The van der Waals surface area contributed by atoms with Gasteiger partial charge in [0, 0.05) is 23.8 Å². The van der Waals surface area contributed by atoms with E-state index in [1.54, 1.807) is 44.2 Å². The van der Waals surface area contributed by atoms with Gasteiger partial charge in [-0.3, -0.25) is 19.1 Å². The maximum Gasteiger partial charge on any atom is 0.427 e. The summed E-state index contributed by atoms with van der Waals surface area (Å²) in [7, 11) is -2.57. The number of pyridine rings is 1. The van der Waals surface area contributed by atoms with Gasteiger partial charge in [-0.25, -0.2) is 13.2 Å². The van der Waals surface area contributed by atoms with Crippen LogP contribution in [0.15, 0.2) is 36.4 Å². The molecule has 3 fully saturated rings. The van der Waals surface area contributed by atoms with E-state index in [0.717, 1.165) is 0 Å². The summed E-state index contributed by atoms with van der Waals surface area (Å²) in [6.45, 7) is 8.36. The first-order chi connectivity index (χ1) is 28.0. The summed E-state index contributed by atoms with van der Waals surface area (Å²) in [6.07, 6.45) is -1.50. The van der Waals surface area contributed by atoms with Crippen molar-refractivity contribution in [2.24, 2.45) is 17.8 Å². The Kier molecular flexibility index (Phi) is 12.4. The number of fused-ring (bicyclic) bond motifs is 3. The lowest BCUT2D eigenvalue weighted by molar-refractivity contribution is -0.244. The van der Waals surface area contributed by atoms with Crippen molar-refractivity contribution < 1.29 is 59.7 Å². The van der Waals surface area contributed by atoms with Gasteiger partial charge in [0.2, 0.25) is 39.2 Å². The van der Waals surface area contributed by atoms with Crippen LogP contribution in [0.2, 0.25) is 0 Å². The standard InChI is InChI=1S/C41H54F3N5O10S/c1-8-57-31-19-25-18-27(56-7)13-14-29(25)34(45-31)58-28-20-30-33(50)47-40(36(52)48-60(54,55)39(6)15-16-39)21-26(40)12-10-9-11-23(2)17-24(3)32(35(51)49(30)22-28)46-37(53)59-38(4,5)41(42,43)44/h10,12-14,18-19,23-24,26,28,30,32H,8-9,11,15-17,20-22H2,1-7H3,(H,46,53)(H,47,50)(H,48,52)/b12-10-/t23-,24-,26-,28-,30+,32+,40-/m1/s1. The molecule has 19 heteroatoms. The maximum absolute atomic E-state index is 14.8. The third-order valence-corrected chi connectivity index (χ3v) is 14.3. The summed E-state index contributed by atoms with van der Waals surface area (Å²) in [6, 6.07) is 4.10. The highest BCUT2D eigenvalue weighted by Gasteiger charge is 2.63. The van der Waals surface area contributed by atoms with Crippen LogP contribution in [-0.2, 0) is 29.1 Å². The van der Waals surface area contributed by atoms with Crippen LogP contribution in [0.25, 0.3) is 10.8 Å². The first kappa shape index (κ1) is 44.7. The van der Waals surface area contributed by atoms with E-state index in [2.05, 4.69) is 20.3 Å². The largest absolute Gasteiger partial charge is 0.497 e. The van der Waals surface area contributed by atoms with Gasteiger partial charge in [-0.2, -0.15) is 18.2 Å². The highest BCUT2D eigenvalue weighted by molar-refractivity contribution is 7.91. The zero-order chi connectivity index (χ0) is 44.0. The second kappa shape index (κ2) is 16.6. The minimum atomic E-state index is -4.92. The molecule has 7 atom stereocenters. The minimum Gasteiger partial charge on any atom is -0.497 e. The van der Waals surface area contributed by atoms with Crippen molar-refractivity contribution in [3.05, 3.63) is 36.4 Å². The van der Waals surface area contributed by atoms with E-state index in [0.29, 0.717) is 62.5 Å². The summed E-state index contributed by atoms with van der Waals surface area (Å²) >= 11 is 0. The number of halogens is 3. The number of nitrogens with zero attached hydrogens (tertiary/aromatic N) is 2. The maximum atomic E-state index is 14.8. The first-order valence-electron chi connectivity index (χ1n) is 20.2. The van der Waals surface area contributed by atoms with Gasteiger partial charge in [0.05, 0.1) is 25.0 Å². The molecule has 1 saturated heterocycles. The number of benzene rings is 1. The van der Waals surface area contributed by atoms with Gasteiger partial charge in [-0.1, -0.05) is 26.0 Å². The zero-order valence-electron chi connectivity index (χ0n) is 34.8. The van der Waals surface area contributed by atoms with Crippen LogP contribution in [0.4, 0.5) is 18.0 Å². The van der Waals surface area contributed by atoms with Gasteiger partial charge in [0.15, 0.2) is 0 Å². The summed E-state index contributed by atoms with van der Waals surface area (Å²) < 4.78 is 91.2. The van der Waals surface area contributed by atoms with Gasteiger partial charge in [-0.05, 0) is 102 Å². The van der Waals surface area contributed by atoms with E-state index >= 15 is 0 Å². The molecule has 6 rings (SSSR count). The first-order valence-corrected chi connectivity index (χ1v) is 21.7. The summed E-state index contributed by atoms with van der Waals surface area (Å²) in [4.78, 5) is 62.3. The van der Waals surface area contributed by atoms with Crippen LogP contribution >= 0.6 is 0 Å². The molecule has 0 bridgehead atoms. The molecule has 0 spiro atoms. The quantitative estimate of drug-likeness (QED) is 0.262. The summed E-state index contributed by atoms with van der Waals surface area (Å²) in [5, 5.41) is 6.40. The Morgan fingerprint density at radius 2 is 1.82 bits per heavy atom. The highest BCUT2D eigenvalue weighted by atomic mass is 32.2. The van der Waals surface area contributed by atoms with Crippen LogP contribution < -0.4 is 29.6 Å². The van der Waals surface area contributed by atoms with E-state index in [9.17, 15) is 40.8 Å². The molecule has 2 saturated carbocycles. The lowest BCUT2D eigenvalue weighted by Gasteiger charge is -2.34. The Morgan fingerprint density at radius 1 is 1.10 bits per heavy atom. The molecule has 15 nitrogen and oxygen atoms in total. The van der Waals surface area contributed by atoms with Crippen molar-refractivity contribution in [1.82, 2.24) is 25.2 Å². The average Bonchev–Trinajstić information content (AvgIpc) is 4.04. The SMILES string of the molecule is CCOc1cc2cc(OC)ccc2c(O[C@@H]2C[C@H]3C(=O)N[C@]4(C(=O)NS(=O)(=O)C5(C)CC5)C[C@H]4/C=C\CC[C@@H](C)C[C@@H](C)[C@H](NC(=O)OC(C)(C)C(F)(F)F)C(=O)N3C2)n1. The number of alkyl halides is 3. The molecule has 4 amide bonds. The van der Waals surface area contributed by atoms with Crippen LogP contribution in [0.5, 0.6) is 17.5 Å². The van der Waals surface area contributed by atoms with Gasteiger partial charge < -0.3 is 34.5 Å². The third-order valence-electron chi connectivity index (χ3n) is 12.1. The third kappa shape index (κ3) is 9.24. The van der Waals surface area contributed by atoms with Crippen molar-refractivity contribution in [1.29, 1.82) is 0 Å². The molecular formula is C41H54F3N5O10S. The van der Waals surface area contributed by atoms with Crippen LogP contribution in [-0.4, -0.2) is 103 Å². The number of ether oxygens (including phenoxy) is 4. The van der Waals surface area contributed by atoms with Crippen molar-refractivity contribution >= 4 is 44.6 Å². The average molecular weight is 866 g/mol. The Bertz CT molecular complexity index is 2150. The lowest BCUT2D eigenvalue weighted by atomic mass is 9.88. The van der Waals surface area contributed by atoms with Gasteiger partial charge in [0.25, 0.3) is 5.91 Å². The fourth-order valence-electron chi connectivity index (χ4n) is 7.82. The number of methoxy groups -OCH3 is 1. The van der Waals surface area contributed by atoms with Crippen LogP contribution in [0.3, 0.4) is 0 Å². The van der Waals surface area contributed by atoms with Crippen molar-refractivity contribution in [2.45, 2.75) is 127 Å². The van der Waals surface area contributed by atoms with Gasteiger partial charge >= 0.3 is 12.3 Å². The van der Waals surface area contributed by atoms with Crippen LogP contribution in [0, 0.1) is 17.8 Å². The number of nitrogens with one attached hydrogen (secondary N) is 3. The predicted molar refractivity (Wildman–Crippen MR) is 213 cm³/mol. The number of hydrogen-bond acceptors (Lipinski definition) is 11. The molecule has 2 aliphatic heterocycles. The minimum absolute atomic E-state index is 0.0491. The molecule has 330 valence electrons.